The van der Waals surface area contributed by atoms with Crippen LogP contribution >= 0.6 is 0 Å². The lowest BCUT2D eigenvalue weighted by Gasteiger charge is -2.25. The van der Waals surface area contributed by atoms with E-state index >= 15 is 0 Å². The Labute approximate surface area is 163 Å². The minimum Gasteiger partial charge on any atom is -0.354 e. The minimum atomic E-state index is -0.280. The predicted octanol–water partition coefficient (Wildman–Crippen LogP) is 2.23. The molecule has 0 saturated heterocycles. The third-order valence-electron chi connectivity index (χ3n) is 4.94. The van der Waals surface area contributed by atoms with Gasteiger partial charge in [-0.2, -0.15) is 10.1 Å². The highest BCUT2D eigenvalue weighted by atomic mass is 19.1. The zero-order chi connectivity index (χ0) is 20.3. The summed E-state index contributed by atoms with van der Waals surface area (Å²) in [6.45, 7) is 4.28. The fourth-order valence-electron chi connectivity index (χ4n) is 3.37. The molecule has 8 heteroatoms. The first-order chi connectivity index (χ1) is 13.4. The number of amides is 1. The van der Waals surface area contributed by atoms with E-state index in [2.05, 4.69) is 20.4 Å². The monoisotopic (exact) mass is 384 g/mol. The van der Waals surface area contributed by atoms with E-state index in [-0.39, 0.29) is 17.8 Å². The van der Waals surface area contributed by atoms with Gasteiger partial charge < -0.3 is 10.2 Å². The van der Waals surface area contributed by atoms with Crippen molar-refractivity contribution in [2.24, 2.45) is 0 Å². The van der Waals surface area contributed by atoms with Gasteiger partial charge in [-0.1, -0.05) is 12.1 Å². The molecule has 0 saturated carbocycles. The van der Waals surface area contributed by atoms with Crippen molar-refractivity contribution in [3.05, 3.63) is 58.9 Å². The van der Waals surface area contributed by atoms with Crippen LogP contribution in [-0.4, -0.2) is 51.0 Å². The van der Waals surface area contributed by atoms with Crippen LogP contribution in [0.3, 0.4) is 0 Å². The van der Waals surface area contributed by atoms with E-state index in [1.807, 2.05) is 38.9 Å². The smallest absolute Gasteiger partial charge is 0.252 e. The summed E-state index contributed by atoms with van der Waals surface area (Å²) >= 11 is 0. The molecule has 2 aromatic heterocycles. The number of halogens is 1. The molecule has 0 aliphatic carbocycles. The summed E-state index contributed by atoms with van der Waals surface area (Å²) in [6, 6.07) is 6.37. The number of rotatable bonds is 7. The van der Waals surface area contributed by atoms with Crippen LogP contribution < -0.4 is 5.32 Å². The van der Waals surface area contributed by atoms with E-state index in [1.54, 1.807) is 10.6 Å². The standard InChI is InChI=1S/C20H25FN6O/c1-13-17(14(2)27-20(25-13)23-12-24-27)8-9-19(28)22-11-18(26(3)4)15-6-5-7-16(21)10-15/h5-7,10,12,18H,8-9,11H2,1-4H3,(H,22,28). The Balaban J connectivity index is 1.62. The molecule has 0 bridgehead atoms. The van der Waals surface area contributed by atoms with Crippen molar-refractivity contribution in [3.63, 3.8) is 0 Å². The van der Waals surface area contributed by atoms with Crippen molar-refractivity contribution in [2.45, 2.75) is 32.7 Å². The highest BCUT2D eigenvalue weighted by Crippen LogP contribution is 2.19. The second-order valence-corrected chi connectivity index (χ2v) is 7.07. The summed E-state index contributed by atoms with van der Waals surface area (Å²) in [6.07, 6.45) is 2.38. The number of aryl methyl sites for hydroxylation is 2. The number of aromatic nitrogens is 4. The van der Waals surface area contributed by atoms with Crippen molar-refractivity contribution >= 4 is 11.7 Å². The van der Waals surface area contributed by atoms with Gasteiger partial charge in [-0.3, -0.25) is 4.79 Å². The van der Waals surface area contributed by atoms with E-state index in [0.29, 0.717) is 25.2 Å². The molecule has 1 unspecified atom stereocenters. The summed E-state index contributed by atoms with van der Waals surface area (Å²) in [5.74, 6) is 0.227. The van der Waals surface area contributed by atoms with Crippen LogP contribution in [0.5, 0.6) is 0 Å². The van der Waals surface area contributed by atoms with Crippen LogP contribution in [0.4, 0.5) is 4.39 Å². The van der Waals surface area contributed by atoms with Crippen molar-refractivity contribution < 1.29 is 9.18 Å². The molecule has 0 spiro atoms. The fourth-order valence-corrected chi connectivity index (χ4v) is 3.37. The average Bonchev–Trinajstić information content (AvgIpc) is 3.10. The van der Waals surface area contributed by atoms with Gasteiger partial charge in [-0.25, -0.2) is 13.9 Å². The molecule has 1 N–H and O–H groups in total. The SMILES string of the molecule is Cc1nc2ncnn2c(C)c1CCC(=O)NCC(c1cccc(F)c1)N(C)C. The fraction of sp³-hybridized carbons (Fsp3) is 0.400. The second-order valence-electron chi connectivity index (χ2n) is 7.07. The number of fused-ring (bicyclic) bond motifs is 1. The van der Waals surface area contributed by atoms with Crippen LogP contribution in [0.15, 0.2) is 30.6 Å². The van der Waals surface area contributed by atoms with Crippen molar-refractivity contribution in [1.29, 1.82) is 0 Å². The summed E-state index contributed by atoms with van der Waals surface area (Å²) in [7, 11) is 3.82. The van der Waals surface area contributed by atoms with Crippen LogP contribution in [-0.2, 0) is 11.2 Å². The molecular weight excluding hydrogens is 359 g/mol. The number of hydrogen-bond donors (Lipinski definition) is 1. The molecule has 0 aliphatic rings. The number of nitrogens with one attached hydrogen (secondary N) is 1. The summed E-state index contributed by atoms with van der Waals surface area (Å²) in [5.41, 5.74) is 3.63. The second kappa shape index (κ2) is 8.43. The van der Waals surface area contributed by atoms with E-state index in [4.69, 9.17) is 0 Å². The Bertz CT molecular complexity index is 984. The van der Waals surface area contributed by atoms with E-state index in [0.717, 1.165) is 22.5 Å². The molecule has 28 heavy (non-hydrogen) atoms. The lowest BCUT2D eigenvalue weighted by Crippen LogP contribution is -2.34. The molecule has 0 fully saturated rings. The van der Waals surface area contributed by atoms with Gasteiger partial charge in [0.05, 0.1) is 6.04 Å². The quantitative estimate of drug-likeness (QED) is 0.676. The largest absolute Gasteiger partial charge is 0.354 e. The minimum absolute atomic E-state index is 0.0549. The maximum atomic E-state index is 13.5. The zero-order valence-corrected chi connectivity index (χ0v) is 16.6. The molecule has 3 aromatic rings. The van der Waals surface area contributed by atoms with E-state index in [1.165, 1.54) is 18.5 Å². The first kappa shape index (κ1) is 19.9. The van der Waals surface area contributed by atoms with Crippen LogP contribution in [0, 0.1) is 19.7 Å². The third kappa shape index (κ3) is 4.33. The van der Waals surface area contributed by atoms with Crippen molar-refractivity contribution in [1.82, 2.24) is 29.8 Å². The number of hydrogen-bond acceptors (Lipinski definition) is 5. The van der Waals surface area contributed by atoms with Gasteiger partial charge in [-0.15, -0.1) is 0 Å². The van der Waals surface area contributed by atoms with E-state index < -0.39 is 0 Å². The number of likely N-dealkylation sites (N-methyl/N-ethyl adjacent to an activating group) is 1. The first-order valence-electron chi connectivity index (χ1n) is 9.21. The molecule has 3 rings (SSSR count). The van der Waals surface area contributed by atoms with E-state index in [9.17, 15) is 9.18 Å². The maximum absolute atomic E-state index is 13.5. The van der Waals surface area contributed by atoms with Gasteiger partial charge in [0.15, 0.2) is 0 Å². The molecular formula is C20H25FN6O. The molecule has 2 heterocycles. The van der Waals surface area contributed by atoms with Gasteiger partial charge in [0.25, 0.3) is 5.78 Å². The van der Waals surface area contributed by atoms with Gasteiger partial charge in [0, 0.05) is 24.4 Å². The van der Waals surface area contributed by atoms with Gasteiger partial charge in [-0.05, 0) is 57.6 Å². The Morgan fingerprint density at radius 2 is 2.11 bits per heavy atom. The number of carbonyl (C=O) groups is 1. The lowest BCUT2D eigenvalue weighted by molar-refractivity contribution is -0.121. The Morgan fingerprint density at radius 1 is 1.32 bits per heavy atom. The summed E-state index contributed by atoms with van der Waals surface area (Å²) in [5, 5.41) is 7.14. The number of nitrogens with zero attached hydrogens (tertiary/aromatic N) is 5. The Morgan fingerprint density at radius 3 is 2.82 bits per heavy atom. The highest BCUT2D eigenvalue weighted by molar-refractivity contribution is 5.76. The third-order valence-corrected chi connectivity index (χ3v) is 4.94. The molecule has 1 atom stereocenters. The topological polar surface area (TPSA) is 75.4 Å². The predicted molar refractivity (Wildman–Crippen MR) is 104 cm³/mol. The normalized spacial score (nSPS) is 12.5. The molecule has 1 aromatic carbocycles. The van der Waals surface area contributed by atoms with Crippen molar-refractivity contribution in [2.75, 3.05) is 20.6 Å². The highest BCUT2D eigenvalue weighted by Gasteiger charge is 2.17. The van der Waals surface area contributed by atoms with Crippen LogP contribution in [0.1, 0.15) is 35.0 Å². The van der Waals surface area contributed by atoms with Gasteiger partial charge in [0.2, 0.25) is 5.91 Å². The van der Waals surface area contributed by atoms with Crippen molar-refractivity contribution in [3.8, 4) is 0 Å². The van der Waals surface area contributed by atoms with Gasteiger partial charge in [0.1, 0.15) is 12.1 Å². The summed E-state index contributed by atoms with van der Waals surface area (Å²) in [4.78, 5) is 22.9. The summed E-state index contributed by atoms with van der Waals surface area (Å²) < 4.78 is 15.2. The molecule has 148 valence electrons. The van der Waals surface area contributed by atoms with Crippen LogP contribution in [0.25, 0.3) is 5.78 Å². The number of carbonyl (C=O) groups excluding carboxylic acids is 1. The molecule has 7 nitrogen and oxygen atoms in total. The maximum Gasteiger partial charge on any atom is 0.252 e. The molecule has 0 radical (unpaired) electrons. The zero-order valence-electron chi connectivity index (χ0n) is 16.6. The Hall–Kier alpha value is -2.87. The Kier molecular flexibility index (Phi) is 5.99. The first-order valence-corrected chi connectivity index (χ1v) is 9.21. The lowest BCUT2D eigenvalue weighted by atomic mass is 10.0. The van der Waals surface area contributed by atoms with Crippen LogP contribution in [0.2, 0.25) is 0 Å². The average molecular weight is 384 g/mol. The molecule has 0 aliphatic heterocycles. The van der Waals surface area contributed by atoms with Gasteiger partial charge >= 0.3 is 0 Å². The molecule has 1 amide bonds. The number of benzene rings is 1.